The molecule has 5 nitrogen and oxygen atoms in total. The highest BCUT2D eigenvalue weighted by molar-refractivity contribution is 7.14. The van der Waals surface area contributed by atoms with Gasteiger partial charge < -0.3 is 14.7 Å². The molecule has 2 heterocycles. The predicted octanol–water partition coefficient (Wildman–Crippen LogP) is 1.95. The largest absolute Gasteiger partial charge is 0.389 e. The average Bonchev–Trinajstić information content (AvgIpc) is 3.08. The summed E-state index contributed by atoms with van der Waals surface area (Å²) in [5.41, 5.74) is 1.43. The third kappa shape index (κ3) is 3.63. The van der Waals surface area contributed by atoms with Crippen molar-refractivity contribution in [3.05, 3.63) is 27.9 Å². The van der Waals surface area contributed by atoms with Crippen molar-refractivity contribution in [3.8, 4) is 10.6 Å². The van der Waals surface area contributed by atoms with E-state index in [-0.39, 0.29) is 19.1 Å². The number of hydrogen-bond donors (Lipinski definition) is 1. The normalized spacial score (nSPS) is 12.3. The molecule has 0 aromatic carbocycles. The molecule has 0 bridgehead atoms. The number of thiophene rings is 1. The number of methoxy groups -OCH3 is 1. The van der Waals surface area contributed by atoms with Crippen LogP contribution in [0.25, 0.3) is 10.6 Å². The molecule has 0 aliphatic heterocycles. The van der Waals surface area contributed by atoms with Crippen LogP contribution >= 0.6 is 22.7 Å². The van der Waals surface area contributed by atoms with Crippen molar-refractivity contribution in [2.45, 2.75) is 6.10 Å². The number of nitrogens with zero attached hydrogens (tertiary/aromatic N) is 2. The first-order chi connectivity index (χ1) is 9.61. The standard InChI is InChI=1S/C13H16N2O3S2/c1-15(5-10(16)6-18-2)13(17)11-8-20-12(14-11)9-3-4-19-7-9/h3-4,7-8,10,16H,5-6H2,1-2H3. The van der Waals surface area contributed by atoms with Crippen LogP contribution in [0.3, 0.4) is 0 Å². The lowest BCUT2D eigenvalue weighted by Gasteiger charge is -2.19. The number of carbonyl (C=O) groups excluding carboxylic acids is 1. The zero-order valence-corrected chi connectivity index (χ0v) is 12.9. The summed E-state index contributed by atoms with van der Waals surface area (Å²) in [6.45, 7) is 0.423. The Bertz CT molecular complexity index is 554. The van der Waals surface area contributed by atoms with Gasteiger partial charge in [0, 0.05) is 37.0 Å². The second-order valence-corrected chi connectivity index (χ2v) is 5.98. The van der Waals surface area contributed by atoms with Gasteiger partial charge in [-0.05, 0) is 11.4 Å². The van der Waals surface area contributed by atoms with E-state index < -0.39 is 6.10 Å². The maximum Gasteiger partial charge on any atom is 0.273 e. The fourth-order valence-corrected chi connectivity index (χ4v) is 3.24. The van der Waals surface area contributed by atoms with Gasteiger partial charge in [0.25, 0.3) is 5.91 Å². The lowest BCUT2D eigenvalue weighted by Crippen LogP contribution is -2.36. The Kier molecular flexibility index (Phi) is 5.24. The maximum atomic E-state index is 12.2. The molecule has 0 spiro atoms. The topological polar surface area (TPSA) is 62.7 Å². The monoisotopic (exact) mass is 312 g/mol. The highest BCUT2D eigenvalue weighted by Crippen LogP contribution is 2.26. The lowest BCUT2D eigenvalue weighted by atomic mass is 10.3. The van der Waals surface area contributed by atoms with Gasteiger partial charge in [-0.25, -0.2) is 4.98 Å². The molecule has 7 heteroatoms. The number of likely N-dealkylation sites (N-methyl/N-ethyl adjacent to an activating group) is 1. The van der Waals surface area contributed by atoms with Crippen molar-refractivity contribution >= 4 is 28.6 Å². The van der Waals surface area contributed by atoms with Gasteiger partial charge in [0.2, 0.25) is 0 Å². The molecule has 1 unspecified atom stereocenters. The number of aromatic nitrogens is 1. The van der Waals surface area contributed by atoms with Crippen molar-refractivity contribution < 1.29 is 14.6 Å². The maximum absolute atomic E-state index is 12.2. The molecule has 0 aliphatic carbocycles. The number of hydrogen-bond acceptors (Lipinski definition) is 6. The summed E-state index contributed by atoms with van der Waals surface area (Å²) in [5.74, 6) is -0.196. The first kappa shape index (κ1) is 15.1. The average molecular weight is 312 g/mol. The minimum Gasteiger partial charge on any atom is -0.389 e. The van der Waals surface area contributed by atoms with Crippen molar-refractivity contribution in [2.24, 2.45) is 0 Å². The molecule has 0 saturated carbocycles. The van der Waals surface area contributed by atoms with Crippen LogP contribution in [0.1, 0.15) is 10.5 Å². The van der Waals surface area contributed by atoms with E-state index in [1.807, 2.05) is 16.8 Å². The molecule has 1 atom stereocenters. The fourth-order valence-electron chi connectivity index (χ4n) is 1.73. The van der Waals surface area contributed by atoms with Crippen LogP contribution in [-0.4, -0.2) is 54.3 Å². The zero-order chi connectivity index (χ0) is 14.5. The van der Waals surface area contributed by atoms with Crippen LogP contribution in [0.2, 0.25) is 0 Å². The zero-order valence-electron chi connectivity index (χ0n) is 11.3. The summed E-state index contributed by atoms with van der Waals surface area (Å²) in [7, 11) is 3.16. The van der Waals surface area contributed by atoms with Gasteiger partial charge >= 0.3 is 0 Å². The van der Waals surface area contributed by atoms with Crippen LogP contribution in [0, 0.1) is 0 Å². The molecule has 0 fully saturated rings. The molecule has 2 aromatic rings. The number of aliphatic hydroxyl groups is 1. The Morgan fingerprint density at radius 2 is 2.35 bits per heavy atom. The van der Waals surface area contributed by atoms with E-state index in [1.165, 1.54) is 23.3 Å². The minimum absolute atomic E-state index is 0.196. The smallest absolute Gasteiger partial charge is 0.273 e. The van der Waals surface area contributed by atoms with E-state index in [0.29, 0.717) is 5.69 Å². The molecule has 1 amide bonds. The van der Waals surface area contributed by atoms with Gasteiger partial charge in [0.15, 0.2) is 0 Å². The summed E-state index contributed by atoms with van der Waals surface area (Å²) in [4.78, 5) is 18.0. The van der Waals surface area contributed by atoms with Gasteiger partial charge in [-0.3, -0.25) is 4.79 Å². The molecule has 0 aliphatic rings. The number of rotatable bonds is 6. The van der Waals surface area contributed by atoms with Crippen LogP contribution in [0.5, 0.6) is 0 Å². The van der Waals surface area contributed by atoms with Crippen LogP contribution < -0.4 is 0 Å². The Morgan fingerprint density at radius 1 is 1.55 bits per heavy atom. The summed E-state index contributed by atoms with van der Waals surface area (Å²) in [6, 6.07) is 1.98. The minimum atomic E-state index is -0.691. The Labute approximate surface area is 125 Å². The Hall–Kier alpha value is -1.28. The number of thiazole rings is 1. The summed E-state index contributed by atoms with van der Waals surface area (Å²) >= 11 is 3.04. The second-order valence-electron chi connectivity index (χ2n) is 4.34. The van der Waals surface area contributed by atoms with Gasteiger partial charge in [-0.1, -0.05) is 0 Å². The summed E-state index contributed by atoms with van der Waals surface area (Å²) in [6.07, 6.45) is -0.691. The van der Waals surface area contributed by atoms with Gasteiger partial charge in [-0.2, -0.15) is 11.3 Å². The quantitative estimate of drug-likeness (QED) is 0.885. The molecule has 1 N–H and O–H groups in total. The highest BCUT2D eigenvalue weighted by Gasteiger charge is 2.18. The molecule has 20 heavy (non-hydrogen) atoms. The fraction of sp³-hybridized carbons (Fsp3) is 0.385. The lowest BCUT2D eigenvalue weighted by molar-refractivity contribution is 0.0378. The van der Waals surface area contributed by atoms with Crippen molar-refractivity contribution in [2.75, 3.05) is 27.3 Å². The third-order valence-corrected chi connectivity index (χ3v) is 4.26. The van der Waals surface area contributed by atoms with E-state index in [4.69, 9.17) is 4.74 Å². The summed E-state index contributed by atoms with van der Waals surface area (Å²) in [5, 5.41) is 16.2. The van der Waals surface area contributed by atoms with E-state index in [1.54, 1.807) is 23.8 Å². The predicted molar refractivity (Wildman–Crippen MR) is 80.3 cm³/mol. The van der Waals surface area contributed by atoms with Crippen molar-refractivity contribution in [1.29, 1.82) is 0 Å². The van der Waals surface area contributed by atoms with E-state index in [0.717, 1.165) is 10.6 Å². The van der Waals surface area contributed by atoms with Crippen molar-refractivity contribution in [1.82, 2.24) is 9.88 Å². The molecule has 0 saturated heterocycles. The van der Waals surface area contributed by atoms with Gasteiger partial charge in [0.1, 0.15) is 10.7 Å². The Balaban J connectivity index is 2.02. The van der Waals surface area contributed by atoms with Crippen LogP contribution in [0.15, 0.2) is 22.2 Å². The molecule has 108 valence electrons. The Morgan fingerprint density at radius 3 is 3.00 bits per heavy atom. The number of ether oxygens (including phenoxy) is 1. The van der Waals surface area contributed by atoms with Gasteiger partial charge in [-0.15, -0.1) is 11.3 Å². The highest BCUT2D eigenvalue weighted by atomic mass is 32.1. The number of carbonyl (C=O) groups is 1. The second kappa shape index (κ2) is 6.94. The summed E-state index contributed by atoms with van der Waals surface area (Å²) < 4.78 is 4.84. The molecule has 2 rings (SSSR count). The van der Waals surface area contributed by atoms with E-state index >= 15 is 0 Å². The van der Waals surface area contributed by atoms with E-state index in [2.05, 4.69) is 4.98 Å². The molecular formula is C13H16N2O3S2. The SMILES string of the molecule is COCC(O)CN(C)C(=O)c1csc(-c2ccsc2)n1. The molecule has 0 radical (unpaired) electrons. The third-order valence-electron chi connectivity index (χ3n) is 2.68. The molecule has 2 aromatic heterocycles. The number of aliphatic hydroxyl groups excluding tert-OH is 1. The number of amides is 1. The first-order valence-electron chi connectivity index (χ1n) is 6.02. The van der Waals surface area contributed by atoms with Crippen LogP contribution in [0.4, 0.5) is 0 Å². The van der Waals surface area contributed by atoms with Crippen LogP contribution in [-0.2, 0) is 4.74 Å². The van der Waals surface area contributed by atoms with E-state index in [9.17, 15) is 9.90 Å². The molecular weight excluding hydrogens is 296 g/mol. The van der Waals surface area contributed by atoms with Gasteiger partial charge in [0.05, 0.1) is 12.7 Å². The van der Waals surface area contributed by atoms with Crippen molar-refractivity contribution in [3.63, 3.8) is 0 Å². The first-order valence-corrected chi connectivity index (χ1v) is 7.84.